The summed E-state index contributed by atoms with van der Waals surface area (Å²) in [5, 5.41) is 3.42. The number of rotatable bonds is 4. The number of ether oxygens (including phenoxy) is 1. The number of halogens is 2. The molecule has 1 atom stereocenters. The first-order valence-corrected chi connectivity index (χ1v) is 7.28. The Balaban J connectivity index is 2.28. The summed E-state index contributed by atoms with van der Waals surface area (Å²) in [5.41, 5.74) is 0.756. The Kier molecular flexibility index (Phi) is 5.15. The number of hydrogen-bond donors (Lipinski definition) is 1. The van der Waals surface area contributed by atoms with Crippen molar-refractivity contribution in [3.05, 3.63) is 34.1 Å². The van der Waals surface area contributed by atoms with Crippen LogP contribution in [0.4, 0.5) is 4.39 Å². The van der Waals surface area contributed by atoms with Crippen LogP contribution in [0.2, 0.25) is 0 Å². The van der Waals surface area contributed by atoms with Crippen molar-refractivity contribution >= 4 is 15.9 Å². The number of hydrogen-bond acceptors (Lipinski definition) is 2. The lowest BCUT2D eigenvalue weighted by molar-refractivity contribution is 0.0532. The topological polar surface area (TPSA) is 21.3 Å². The van der Waals surface area contributed by atoms with Crippen molar-refractivity contribution in [2.24, 2.45) is 5.92 Å². The largest absolute Gasteiger partial charge is 0.381 e. The molecule has 1 aliphatic rings. The third kappa shape index (κ3) is 3.11. The molecule has 0 radical (unpaired) electrons. The molecular weight excluding hydrogens is 297 g/mol. The number of nitrogens with one attached hydrogen (secondary N) is 1. The molecule has 1 N–H and O–H groups in total. The van der Waals surface area contributed by atoms with Gasteiger partial charge in [-0.2, -0.15) is 0 Å². The molecule has 0 spiro atoms. The highest BCUT2D eigenvalue weighted by Crippen LogP contribution is 2.35. The van der Waals surface area contributed by atoms with Crippen molar-refractivity contribution in [1.82, 2.24) is 5.32 Å². The predicted molar refractivity (Wildman–Crippen MR) is 74.1 cm³/mol. The van der Waals surface area contributed by atoms with Gasteiger partial charge < -0.3 is 10.1 Å². The maximum Gasteiger partial charge on any atom is 0.129 e. The summed E-state index contributed by atoms with van der Waals surface area (Å²) >= 11 is 3.47. The molecule has 0 bridgehead atoms. The third-order valence-corrected chi connectivity index (χ3v) is 4.16. The minimum Gasteiger partial charge on any atom is -0.381 e. The molecule has 100 valence electrons. The molecule has 4 heteroatoms. The number of benzene rings is 1. The zero-order valence-corrected chi connectivity index (χ0v) is 12.2. The van der Waals surface area contributed by atoms with Gasteiger partial charge in [0.15, 0.2) is 0 Å². The van der Waals surface area contributed by atoms with E-state index in [0.29, 0.717) is 5.92 Å². The van der Waals surface area contributed by atoms with Crippen molar-refractivity contribution in [2.75, 3.05) is 19.8 Å². The maximum absolute atomic E-state index is 14.1. The van der Waals surface area contributed by atoms with Crippen molar-refractivity contribution in [2.45, 2.75) is 25.8 Å². The highest BCUT2D eigenvalue weighted by Gasteiger charge is 2.28. The highest BCUT2D eigenvalue weighted by molar-refractivity contribution is 9.10. The lowest BCUT2D eigenvalue weighted by Gasteiger charge is -2.32. The van der Waals surface area contributed by atoms with E-state index in [9.17, 15) is 4.39 Å². The summed E-state index contributed by atoms with van der Waals surface area (Å²) in [6.45, 7) is 4.45. The van der Waals surface area contributed by atoms with Crippen LogP contribution in [0.15, 0.2) is 22.7 Å². The lowest BCUT2D eigenvalue weighted by atomic mass is 9.87. The van der Waals surface area contributed by atoms with Gasteiger partial charge in [0.2, 0.25) is 0 Å². The summed E-state index contributed by atoms with van der Waals surface area (Å²) < 4.78 is 20.3. The SMILES string of the molecule is CCNC(c1c(F)cccc1Br)C1CCOCC1. The first-order chi connectivity index (χ1) is 8.74. The second-order valence-corrected chi connectivity index (χ2v) is 5.47. The van der Waals surface area contributed by atoms with E-state index in [-0.39, 0.29) is 11.9 Å². The average Bonchev–Trinajstić information content (AvgIpc) is 2.38. The van der Waals surface area contributed by atoms with Crippen LogP contribution in [0.5, 0.6) is 0 Å². The smallest absolute Gasteiger partial charge is 0.129 e. The van der Waals surface area contributed by atoms with Crippen LogP contribution in [-0.4, -0.2) is 19.8 Å². The van der Waals surface area contributed by atoms with E-state index in [2.05, 4.69) is 28.2 Å². The van der Waals surface area contributed by atoms with Gasteiger partial charge in [-0.1, -0.05) is 28.9 Å². The van der Waals surface area contributed by atoms with Crippen LogP contribution in [0.3, 0.4) is 0 Å². The van der Waals surface area contributed by atoms with Crippen molar-refractivity contribution < 1.29 is 9.13 Å². The van der Waals surface area contributed by atoms with Crippen LogP contribution in [-0.2, 0) is 4.74 Å². The van der Waals surface area contributed by atoms with E-state index in [1.54, 1.807) is 6.07 Å². The normalized spacial score (nSPS) is 18.8. The molecule has 0 aliphatic carbocycles. The first kappa shape index (κ1) is 14.0. The summed E-state index contributed by atoms with van der Waals surface area (Å²) in [7, 11) is 0. The summed E-state index contributed by atoms with van der Waals surface area (Å²) in [6.07, 6.45) is 1.97. The Morgan fingerprint density at radius 3 is 2.78 bits per heavy atom. The molecule has 1 aromatic carbocycles. The Labute approximate surface area is 116 Å². The van der Waals surface area contributed by atoms with Crippen molar-refractivity contribution in [3.8, 4) is 0 Å². The van der Waals surface area contributed by atoms with Gasteiger partial charge in [0.05, 0.1) is 0 Å². The van der Waals surface area contributed by atoms with E-state index >= 15 is 0 Å². The monoisotopic (exact) mass is 315 g/mol. The van der Waals surface area contributed by atoms with Gasteiger partial charge in [-0.25, -0.2) is 4.39 Å². The van der Waals surface area contributed by atoms with E-state index < -0.39 is 0 Å². The molecule has 2 rings (SSSR count). The Morgan fingerprint density at radius 2 is 2.17 bits per heavy atom. The minimum absolute atomic E-state index is 0.0643. The van der Waals surface area contributed by atoms with Gasteiger partial charge in [-0.15, -0.1) is 0 Å². The standard InChI is InChI=1S/C14H19BrFNO/c1-2-17-14(10-6-8-18-9-7-10)13-11(15)4-3-5-12(13)16/h3-5,10,14,17H,2,6-9H2,1H3. The fourth-order valence-electron chi connectivity index (χ4n) is 2.58. The van der Waals surface area contributed by atoms with Gasteiger partial charge in [0.1, 0.15) is 5.82 Å². The molecule has 18 heavy (non-hydrogen) atoms. The van der Waals surface area contributed by atoms with Crippen LogP contribution in [0, 0.1) is 11.7 Å². The lowest BCUT2D eigenvalue weighted by Crippen LogP contribution is -2.33. The van der Waals surface area contributed by atoms with Gasteiger partial charge in [0, 0.05) is 29.3 Å². The molecule has 0 saturated carbocycles. The van der Waals surface area contributed by atoms with E-state index in [1.807, 2.05) is 6.07 Å². The predicted octanol–water partition coefficient (Wildman–Crippen LogP) is 3.67. The fraction of sp³-hybridized carbons (Fsp3) is 0.571. The zero-order chi connectivity index (χ0) is 13.0. The Morgan fingerprint density at radius 1 is 1.44 bits per heavy atom. The van der Waals surface area contributed by atoms with E-state index in [4.69, 9.17) is 4.74 Å². The second kappa shape index (κ2) is 6.64. The molecule has 1 aliphatic heterocycles. The quantitative estimate of drug-likeness (QED) is 0.915. The summed E-state index contributed by atoms with van der Waals surface area (Å²) in [5.74, 6) is 0.300. The highest BCUT2D eigenvalue weighted by atomic mass is 79.9. The molecule has 2 nitrogen and oxygen atoms in total. The van der Waals surface area contributed by atoms with Gasteiger partial charge >= 0.3 is 0 Å². The third-order valence-electron chi connectivity index (χ3n) is 3.47. The molecule has 1 saturated heterocycles. The van der Waals surface area contributed by atoms with Gasteiger partial charge in [-0.3, -0.25) is 0 Å². The Bertz CT molecular complexity index is 373. The van der Waals surface area contributed by atoms with Crippen molar-refractivity contribution in [1.29, 1.82) is 0 Å². The van der Waals surface area contributed by atoms with E-state index in [1.165, 1.54) is 6.07 Å². The van der Waals surface area contributed by atoms with Crippen LogP contribution in [0.1, 0.15) is 31.4 Å². The second-order valence-electron chi connectivity index (χ2n) is 4.62. The Hall–Kier alpha value is -0.450. The van der Waals surface area contributed by atoms with Crippen LogP contribution in [0.25, 0.3) is 0 Å². The van der Waals surface area contributed by atoms with E-state index in [0.717, 1.165) is 42.6 Å². The van der Waals surface area contributed by atoms with Crippen molar-refractivity contribution in [3.63, 3.8) is 0 Å². The maximum atomic E-state index is 14.1. The molecular formula is C14H19BrFNO. The fourth-order valence-corrected chi connectivity index (χ4v) is 3.17. The van der Waals surface area contributed by atoms with Crippen LogP contribution >= 0.6 is 15.9 Å². The first-order valence-electron chi connectivity index (χ1n) is 6.49. The van der Waals surface area contributed by atoms with Gasteiger partial charge in [-0.05, 0) is 37.4 Å². The van der Waals surface area contributed by atoms with Gasteiger partial charge in [0.25, 0.3) is 0 Å². The summed E-state index contributed by atoms with van der Waals surface area (Å²) in [6, 6.07) is 5.23. The summed E-state index contributed by atoms with van der Waals surface area (Å²) in [4.78, 5) is 0. The zero-order valence-electron chi connectivity index (χ0n) is 10.6. The molecule has 0 amide bonds. The molecule has 1 aromatic rings. The molecule has 1 heterocycles. The van der Waals surface area contributed by atoms with Crippen LogP contribution < -0.4 is 5.32 Å². The molecule has 1 unspecified atom stereocenters. The minimum atomic E-state index is -0.137. The average molecular weight is 316 g/mol. The molecule has 1 fully saturated rings. The molecule has 0 aromatic heterocycles.